The van der Waals surface area contributed by atoms with Gasteiger partial charge in [0.1, 0.15) is 0 Å². The zero-order valence-corrected chi connectivity index (χ0v) is 10.6. The van der Waals surface area contributed by atoms with Gasteiger partial charge in [-0.15, -0.1) is 0 Å². The lowest BCUT2D eigenvalue weighted by Crippen LogP contribution is -2.19. The van der Waals surface area contributed by atoms with Crippen LogP contribution in [-0.2, 0) is 6.54 Å². The van der Waals surface area contributed by atoms with Gasteiger partial charge in [-0.05, 0) is 12.1 Å². The van der Waals surface area contributed by atoms with Gasteiger partial charge in [0.05, 0.1) is 19.3 Å². The van der Waals surface area contributed by atoms with Crippen molar-refractivity contribution in [3.63, 3.8) is 0 Å². The van der Waals surface area contributed by atoms with Crippen LogP contribution < -0.4 is 4.74 Å². The summed E-state index contributed by atoms with van der Waals surface area (Å²) < 4.78 is 43.6. The lowest BCUT2D eigenvalue weighted by atomic mass is 10.2. The van der Waals surface area contributed by atoms with E-state index in [1.165, 1.54) is 30.1 Å². The molecule has 0 aliphatic heterocycles. The van der Waals surface area contributed by atoms with Crippen molar-refractivity contribution in [2.24, 2.45) is 0 Å². The summed E-state index contributed by atoms with van der Waals surface area (Å²) in [6, 6.07) is 6.40. The van der Waals surface area contributed by atoms with E-state index in [9.17, 15) is 13.2 Å². The van der Waals surface area contributed by atoms with Crippen LogP contribution in [0.4, 0.5) is 13.2 Å². The molecule has 4 nitrogen and oxygen atoms in total. The lowest BCUT2D eigenvalue weighted by molar-refractivity contribution is -0.206. The van der Waals surface area contributed by atoms with E-state index in [4.69, 9.17) is 9.84 Å². The van der Waals surface area contributed by atoms with E-state index in [2.05, 4.69) is 4.98 Å². The summed E-state index contributed by atoms with van der Waals surface area (Å²) in [6.07, 6.45) is -4.42. The highest BCUT2D eigenvalue weighted by Gasteiger charge is 2.39. The normalized spacial score (nSPS) is 13.2. The van der Waals surface area contributed by atoms with Crippen LogP contribution >= 0.6 is 0 Å². The van der Waals surface area contributed by atoms with E-state index in [0.29, 0.717) is 18.1 Å². The molecular weight excluding hydrogens is 273 g/mol. The number of halogens is 3. The largest absolute Gasteiger partial charge is 0.481 e. The van der Waals surface area contributed by atoms with E-state index >= 15 is 0 Å². The summed E-state index contributed by atoms with van der Waals surface area (Å²) in [4.78, 5) is 4.16. The molecule has 0 amide bonds. The van der Waals surface area contributed by atoms with Crippen LogP contribution in [0.1, 0.15) is 17.4 Å². The zero-order valence-electron chi connectivity index (χ0n) is 10.6. The SMILES string of the molecule is COc1cccc(Cn2ccc(C(O)C(F)(F)F)c2)n1. The Morgan fingerprint density at radius 2 is 2.10 bits per heavy atom. The number of alkyl halides is 3. The van der Waals surface area contributed by atoms with Gasteiger partial charge in [0.25, 0.3) is 0 Å². The van der Waals surface area contributed by atoms with E-state index in [1.807, 2.05) is 0 Å². The number of nitrogens with zero attached hydrogens (tertiary/aromatic N) is 2. The third-order valence-corrected chi connectivity index (χ3v) is 2.73. The van der Waals surface area contributed by atoms with E-state index in [-0.39, 0.29) is 5.56 Å². The topological polar surface area (TPSA) is 47.3 Å². The minimum atomic E-state index is -4.67. The summed E-state index contributed by atoms with van der Waals surface area (Å²) in [5.41, 5.74) is 0.452. The molecule has 2 rings (SSSR count). The molecule has 0 aliphatic carbocycles. The summed E-state index contributed by atoms with van der Waals surface area (Å²) >= 11 is 0. The quantitative estimate of drug-likeness (QED) is 0.939. The van der Waals surface area contributed by atoms with Crippen molar-refractivity contribution in [1.82, 2.24) is 9.55 Å². The van der Waals surface area contributed by atoms with Crippen LogP contribution in [0.15, 0.2) is 36.7 Å². The van der Waals surface area contributed by atoms with Crippen molar-refractivity contribution in [3.8, 4) is 5.88 Å². The second kappa shape index (κ2) is 5.54. The highest BCUT2D eigenvalue weighted by molar-refractivity contribution is 5.19. The third kappa shape index (κ3) is 3.30. The molecule has 0 fully saturated rings. The fraction of sp³-hybridized carbons (Fsp3) is 0.308. The summed E-state index contributed by atoms with van der Waals surface area (Å²) in [6.45, 7) is 0.293. The molecule has 0 saturated carbocycles. The molecule has 108 valence electrons. The predicted molar refractivity (Wildman–Crippen MR) is 65.3 cm³/mol. The highest BCUT2D eigenvalue weighted by Crippen LogP contribution is 2.32. The fourth-order valence-electron chi connectivity index (χ4n) is 1.75. The average molecular weight is 286 g/mol. The molecule has 2 heterocycles. The molecule has 0 aliphatic rings. The number of aromatic nitrogens is 2. The van der Waals surface area contributed by atoms with Gasteiger partial charge in [-0.3, -0.25) is 0 Å². The number of rotatable bonds is 4. The van der Waals surface area contributed by atoms with Crippen LogP contribution in [0, 0.1) is 0 Å². The number of aliphatic hydroxyl groups is 1. The molecule has 1 N–H and O–H groups in total. The first-order valence-electron chi connectivity index (χ1n) is 5.80. The monoisotopic (exact) mass is 286 g/mol. The van der Waals surface area contributed by atoms with Crippen molar-refractivity contribution in [1.29, 1.82) is 0 Å². The van der Waals surface area contributed by atoms with Crippen molar-refractivity contribution < 1.29 is 23.0 Å². The maximum Gasteiger partial charge on any atom is 0.418 e. The Morgan fingerprint density at radius 1 is 1.35 bits per heavy atom. The Labute approximate surface area is 113 Å². The molecule has 0 bridgehead atoms. The summed E-state index contributed by atoms with van der Waals surface area (Å²) in [7, 11) is 1.49. The Morgan fingerprint density at radius 3 is 2.75 bits per heavy atom. The smallest absolute Gasteiger partial charge is 0.418 e. The predicted octanol–water partition coefficient (Wildman–Crippen LogP) is 2.54. The maximum atomic E-state index is 12.4. The summed E-state index contributed by atoms with van der Waals surface area (Å²) in [5, 5.41) is 9.14. The first kappa shape index (κ1) is 14.4. The number of hydrogen-bond acceptors (Lipinski definition) is 3. The maximum absolute atomic E-state index is 12.4. The molecule has 0 saturated heterocycles. The van der Waals surface area contributed by atoms with Gasteiger partial charge in [-0.1, -0.05) is 6.07 Å². The molecule has 1 atom stereocenters. The van der Waals surface area contributed by atoms with Crippen molar-refractivity contribution >= 4 is 0 Å². The Balaban J connectivity index is 2.13. The molecule has 1 unspecified atom stereocenters. The van der Waals surface area contributed by atoms with Gasteiger partial charge in [-0.25, -0.2) is 4.98 Å². The van der Waals surface area contributed by atoms with Crippen molar-refractivity contribution in [2.75, 3.05) is 7.11 Å². The van der Waals surface area contributed by atoms with E-state index in [1.54, 1.807) is 18.2 Å². The van der Waals surface area contributed by atoms with Gasteiger partial charge in [0, 0.05) is 24.0 Å². The summed E-state index contributed by atoms with van der Waals surface area (Å²) in [5.74, 6) is 0.435. The van der Waals surface area contributed by atoms with Gasteiger partial charge < -0.3 is 14.4 Å². The van der Waals surface area contributed by atoms with E-state index in [0.717, 1.165) is 0 Å². The fourth-order valence-corrected chi connectivity index (χ4v) is 1.75. The van der Waals surface area contributed by atoms with Crippen LogP contribution in [0.5, 0.6) is 5.88 Å². The second-order valence-corrected chi connectivity index (χ2v) is 4.23. The van der Waals surface area contributed by atoms with Crippen molar-refractivity contribution in [3.05, 3.63) is 47.9 Å². The molecule has 0 aromatic carbocycles. The van der Waals surface area contributed by atoms with Gasteiger partial charge in [0.15, 0.2) is 6.10 Å². The standard InChI is InChI=1S/C13H13F3N2O2/c1-20-11-4-2-3-10(17-11)8-18-6-5-9(7-18)12(19)13(14,15)16/h2-7,12,19H,8H2,1H3. The Hall–Kier alpha value is -2.02. The number of methoxy groups -OCH3 is 1. The molecule has 20 heavy (non-hydrogen) atoms. The second-order valence-electron chi connectivity index (χ2n) is 4.23. The van der Waals surface area contributed by atoms with Crippen molar-refractivity contribution in [2.45, 2.75) is 18.8 Å². The molecular formula is C13H13F3N2O2. The van der Waals surface area contributed by atoms with Gasteiger partial charge in [0.2, 0.25) is 5.88 Å². The number of aliphatic hydroxyl groups excluding tert-OH is 1. The van der Waals surface area contributed by atoms with Gasteiger partial charge in [-0.2, -0.15) is 13.2 Å². The Bertz CT molecular complexity index is 581. The molecule has 2 aromatic heterocycles. The van der Waals surface area contributed by atoms with Crippen LogP contribution in [0.25, 0.3) is 0 Å². The number of ether oxygens (including phenoxy) is 1. The third-order valence-electron chi connectivity index (χ3n) is 2.73. The molecule has 0 radical (unpaired) electrons. The van der Waals surface area contributed by atoms with Crippen LogP contribution in [0.3, 0.4) is 0 Å². The lowest BCUT2D eigenvalue weighted by Gasteiger charge is -2.12. The number of pyridine rings is 1. The Kier molecular flexibility index (Phi) is 3.99. The first-order valence-corrected chi connectivity index (χ1v) is 5.80. The molecule has 7 heteroatoms. The van der Waals surface area contributed by atoms with Gasteiger partial charge >= 0.3 is 6.18 Å². The first-order chi connectivity index (χ1) is 9.40. The van der Waals surface area contributed by atoms with E-state index < -0.39 is 12.3 Å². The highest BCUT2D eigenvalue weighted by atomic mass is 19.4. The van der Waals surface area contributed by atoms with Crippen LogP contribution in [-0.4, -0.2) is 27.9 Å². The zero-order chi connectivity index (χ0) is 14.8. The minimum absolute atomic E-state index is 0.194. The minimum Gasteiger partial charge on any atom is -0.481 e. The molecule has 2 aromatic rings. The van der Waals surface area contributed by atoms with Crippen LogP contribution in [0.2, 0.25) is 0 Å². The average Bonchev–Trinajstić information content (AvgIpc) is 2.85. The molecule has 0 spiro atoms. The number of hydrogen-bond donors (Lipinski definition) is 1.